The summed E-state index contributed by atoms with van der Waals surface area (Å²) >= 11 is 1.16. The minimum absolute atomic E-state index is 0.0487. The Balaban J connectivity index is 1.62. The molecule has 0 bridgehead atoms. The van der Waals surface area contributed by atoms with Crippen LogP contribution < -0.4 is 21.6 Å². The molecule has 0 saturated carbocycles. The molecular formula is C20H22N6O3S. The molecule has 0 atom stereocenters. The lowest BCUT2D eigenvalue weighted by molar-refractivity contribution is -0.113. The minimum Gasteiger partial charge on any atom is -0.491 e. The van der Waals surface area contributed by atoms with Crippen molar-refractivity contribution < 1.29 is 14.3 Å². The maximum Gasteiger partial charge on any atom is 0.248 e. The molecule has 3 aromatic rings. The molecule has 0 saturated heterocycles. The van der Waals surface area contributed by atoms with Gasteiger partial charge in [0.1, 0.15) is 5.75 Å². The highest BCUT2D eigenvalue weighted by molar-refractivity contribution is 7.99. The molecule has 0 aliphatic rings. The molecule has 10 heteroatoms. The predicted molar refractivity (Wildman–Crippen MR) is 116 cm³/mol. The number of anilines is 1. The lowest BCUT2D eigenvalue weighted by Crippen LogP contribution is -2.17. The van der Waals surface area contributed by atoms with Crippen LogP contribution in [0.2, 0.25) is 0 Å². The van der Waals surface area contributed by atoms with Gasteiger partial charge in [-0.05, 0) is 50.2 Å². The Morgan fingerprint density at radius 2 is 1.90 bits per heavy atom. The number of carbonyl (C=O) groups excluding carboxylic acids is 2. The Hall–Kier alpha value is -3.53. The van der Waals surface area contributed by atoms with Gasteiger partial charge >= 0.3 is 0 Å². The SMILES string of the molecule is CC(C)Oc1cccc(-c2nnc(SCC(=O)Nc3ccc(C(N)=O)cc3)n2N)c1. The molecule has 1 heterocycles. The summed E-state index contributed by atoms with van der Waals surface area (Å²) in [5.74, 6) is 6.62. The predicted octanol–water partition coefficient (Wildman–Crippen LogP) is 2.28. The molecular weight excluding hydrogens is 404 g/mol. The number of nitrogen functional groups attached to an aromatic ring is 1. The fourth-order valence-electron chi connectivity index (χ4n) is 2.60. The van der Waals surface area contributed by atoms with E-state index in [1.807, 2.05) is 38.1 Å². The van der Waals surface area contributed by atoms with E-state index in [2.05, 4.69) is 15.5 Å². The van der Waals surface area contributed by atoms with Gasteiger partial charge in [-0.25, -0.2) is 4.68 Å². The standard InChI is InChI=1S/C20H22N6O3S/c1-12(2)29-16-5-3-4-14(10-16)19-24-25-20(26(19)22)30-11-17(27)23-15-8-6-13(7-9-15)18(21)28/h3-10,12H,11,22H2,1-2H3,(H2,21,28)(H,23,27). The van der Waals surface area contributed by atoms with Crippen molar-refractivity contribution in [1.82, 2.24) is 14.9 Å². The molecule has 0 aliphatic heterocycles. The van der Waals surface area contributed by atoms with E-state index in [1.54, 1.807) is 24.3 Å². The molecule has 2 amide bonds. The first-order valence-corrected chi connectivity index (χ1v) is 10.1. The van der Waals surface area contributed by atoms with Crippen molar-refractivity contribution in [2.45, 2.75) is 25.1 Å². The molecule has 30 heavy (non-hydrogen) atoms. The number of aromatic nitrogens is 3. The van der Waals surface area contributed by atoms with Crippen LogP contribution in [0.3, 0.4) is 0 Å². The Morgan fingerprint density at radius 3 is 2.57 bits per heavy atom. The van der Waals surface area contributed by atoms with Crippen LogP contribution in [-0.2, 0) is 4.79 Å². The van der Waals surface area contributed by atoms with Crippen LogP contribution in [0.25, 0.3) is 11.4 Å². The van der Waals surface area contributed by atoms with Gasteiger partial charge < -0.3 is 21.6 Å². The third-order valence-corrected chi connectivity index (χ3v) is 4.86. The van der Waals surface area contributed by atoms with E-state index in [4.69, 9.17) is 16.3 Å². The highest BCUT2D eigenvalue weighted by atomic mass is 32.2. The molecule has 0 fully saturated rings. The summed E-state index contributed by atoms with van der Waals surface area (Å²) < 4.78 is 7.04. The largest absolute Gasteiger partial charge is 0.491 e. The van der Waals surface area contributed by atoms with Gasteiger partial charge in [-0.3, -0.25) is 9.59 Å². The fraction of sp³-hybridized carbons (Fsp3) is 0.200. The van der Waals surface area contributed by atoms with Crippen LogP contribution in [0.4, 0.5) is 5.69 Å². The van der Waals surface area contributed by atoms with Crippen molar-refractivity contribution in [3.63, 3.8) is 0 Å². The summed E-state index contributed by atoms with van der Waals surface area (Å²) in [5.41, 5.74) is 6.89. The maximum atomic E-state index is 12.2. The first kappa shape index (κ1) is 21.2. The number of amides is 2. The Bertz CT molecular complexity index is 1050. The van der Waals surface area contributed by atoms with E-state index >= 15 is 0 Å². The lowest BCUT2D eigenvalue weighted by Gasteiger charge is -2.10. The Kier molecular flexibility index (Phi) is 6.58. The highest BCUT2D eigenvalue weighted by Crippen LogP contribution is 2.25. The van der Waals surface area contributed by atoms with E-state index in [0.29, 0.717) is 28.0 Å². The molecule has 0 unspecified atom stereocenters. The number of nitrogens with one attached hydrogen (secondary N) is 1. The smallest absolute Gasteiger partial charge is 0.248 e. The maximum absolute atomic E-state index is 12.2. The first-order chi connectivity index (χ1) is 14.3. The normalized spacial score (nSPS) is 10.8. The lowest BCUT2D eigenvalue weighted by atomic mass is 10.2. The number of hydrogen-bond donors (Lipinski definition) is 3. The molecule has 1 aromatic heterocycles. The summed E-state index contributed by atoms with van der Waals surface area (Å²) in [5, 5.41) is 11.3. The quantitative estimate of drug-likeness (QED) is 0.371. The van der Waals surface area contributed by atoms with Crippen LogP contribution >= 0.6 is 11.8 Å². The van der Waals surface area contributed by atoms with E-state index in [9.17, 15) is 9.59 Å². The van der Waals surface area contributed by atoms with Crippen LogP contribution in [0.5, 0.6) is 5.75 Å². The molecule has 156 valence electrons. The van der Waals surface area contributed by atoms with Crippen molar-refractivity contribution >= 4 is 29.3 Å². The number of rotatable bonds is 8. The molecule has 0 radical (unpaired) electrons. The van der Waals surface area contributed by atoms with Crippen molar-refractivity contribution in [2.24, 2.45) is 5.73 Å². The van der Waals surface area contributed by atoms with Gasteiger partial charge in [-0.2, -0.15) is 0 Å². The van der Waals surface area contributed by atoms with E-state index < -0.39 is 5.91 Å². The first-order valence-electron chi connectivity index (χ1n) is 9.13. The number of thioether (sulfide) groups is 1. The zero-order valence-electron chi connectivity index (χ0n) is 16.5. The number of benzene rings is 2. The van der Waals surface area contributed by atoms with Crippen LogP contribution in [-0.4, -0.2) is 38.5 Å². The van der Waals surface area contributed by atoms with Crippen molar-refractivity contribution in [2.75, 3.05) is 16.9 Å². The van der Waals surface area contributed by atoms with Crippen LogP contribution in [0, 0.1) is 0 Å². The average Bonchev–Trinajstić information content (AvgIpc) is 3.07. The molecule has 2 aromatic carbocycles. The van der Waals surface area contributed by atoms with Gasteiger partial charge in [-0.1, -0.05) is 23.9 Å². The number of nitrogens with zero attached hydrogens (tertiary/aromatic N) is 3. The molecule has 9 nitrogen and oxygen atoms in total. The molecule has 3 rings (SSSR count). The van der Waals surface area contributed by atoms with Crippen molar-refractivity contribution in [3.8, 4) is 17.1 Å². The second kappa shape index (κ2) is 9.31. The van der Waals surface area contributed by atoms with Crippen LogP contribution in [0.15, 0.2) is 53.7 Å². The summed E-state index contributed by atoms with van der Waals surface area (Å²) in [4.78, 5) is 23.3. The average molecular weight is 427 g/mol. The summed E-state index contributed by atoms with van der Waals surface area (Å²) in [7, 11) is 0. The highest BCUT2D eigenvalue weighted by Gasteiger charge is 2.15. The monoisotopic (exact) mass is 426 g/mol. The second-order valence-electron chi connectivity index (χ2n) is 6.65. The number of nitrogens with two attached hydrogens (primary N) is 2. The number of ether oxygens (including phenoxy) is 1. The molecule has 0 aliphatic carbocycles. The van der Waals surface area contributed by atoms with Gasteiger partial charge in [0, 0.05) is 16.8 Å². The minimum atomic E-state index is -0.525. The Labute approximate surface area is 177 Å². The summed E-state index contributed by atoms with van der Waals surface area (Å²) in [6.45, 7) is 3.90. The van der Waals surface area contributed by atoms with Gasteiger partial charge in [0.05, 0.1) is 11.9 Å². The number of hydrogen-bond acceptors (Lipinski definition) is 7. The van der Waals surface area contributed by atoms with E-state index in [0.717, 1.165) is 17.3 Å². The zero-order valence-corrected chi connectivity index (χ0v) is 17.3. The second-order valence-corrected chi connectivity index (χ2v) is 7.59. The molecule has 0 spiro atoms. The van der Waals surface area contributed by atoms with E-state index in [1.165, 1.54) is 4.68 Å². The van der Waals surface area contributed by atoms with Gasteiger partial charge in [0.2, 0.25) is 17.0 Å². The number of carbonyl (C=O) groups is 2. The summed E-state index contributed by atoms with van der Waals surface area (Å²) in [6.07, 6.45) is 0.0487. The van der Waals surface area contributed by atoms with Gasteiger partial charge in [-0.15, -0.1) is 10.2 Å². The summed E-state index contributed by atoms with van der Waals surface area (Å²) in [6, 6.07) is 13.7. The van der Waals surface area contributed by atoms with Crippen molar-refractivity contribution in [1.29, 1.82) is 0 Å². The zero-order chi connectivity index (χ0) is 21.7. The van der Waals surface area contributed by atoms with Crippen LogP contribution in [0.1, 0.15) is 24.2 Å². The topological polar surface area (TPSA) is 138 Å². The molecule has 5 N–H and O–H groups in total. The van der Waals surface area contributed by atoms with Crippen molar-refractivity contribution in [3.05, 3.63) is 54.1 Å². The van der Waals surface area contributed by atoms with Gasteiger partial charge in [0.15, 0.2) is 5.82 Å². The third-order valence-electron chi connectivity index (χ3n) is 3.91. The number of primary amides is 1. The third kappa shape index (κ3) is 5.29. The van der Waals surface area contributed by atoms with Gasteiger partial charge in [0.25, 0.3) is 0 Å². The Morgan fingerprint density at radius 1 is 1.17 bits per heavy atom. The van der Waals surface area contributed by atoms with E-state index in [-0.39, 0.29) is 17.8 Å². The fourth-order valence-corrected chi connectivity index (χ4v) is 3.25.